The van der Waals surface area contributed by atoms with Gasteiger partial charge in [0.1, 0.15) is 30.8 Å². The van der Waals surface area contributed by atoms with Crippen LogP contribution in [0.3, 0.4) is 0 Å². The second kappa shape index (κ2) is 21.3. The summed E-state index contributed by atoms with van der Waals surface area (Å²) in [7, 11) is -1.90. The topological polar surface area (TPSA) is 143 Å². The number of anilines is 3. The first-order chi connectivity index (χ1) is 34.5. The van der Waals surface area contributed by atoms with Crippen LogP contribution in [-0.4, -0.2) is 84.9 Å². The molecule has 0 spiro atoms. The molecule has 5 aromatic carbocycles. The van der Waals surface area contributed by atoms with Crippen LogP contribution in [0.15, 0.2) is 138 Å². The molecule has 0 unspecified atom stereocenters. The van der Waals surface area contributed by atoms with Gasteiger partial charge in [0, 0.05) is 55.1 Å². The van der Waals surface area contributed by atoms with E-state index in [1.807, 2.05) is 0 Å². The fourth-order valence-corrected chi connectivity index (χ4v) is 10.4. The van der Waals surface area contributed by atoms with Gasteiger partial charge in [-0.05, 0) is 53.6 Å². The van der Waals surface area contributed by atoms with Crippen LogP contribution >= 0.6 is 11.3 Å². The minimum absolute atomic E-state index is 0.0829. The molecular formula is C49H42F9N3O10S2. The van der Waals surface area contributed by atoms with Crippen LogP contribution in [0.25, 0.3) is 0 Å². The van der Waals surface area contributed by atoms with E-state index in [0.717, 1.165) is 70.2 Å². The van der Waals surface area contributed by atoms with E-state index in [0.29, 0.717) is 37.7 Å². The largest absolute Gasteiger partial charge is 0.497 e. The zero-order chi connectivity index (χ0) is 53.0. The summed E-state index contributed by atoms with van der Waals surface area (Å²) < 4.78 is 195. The molecule has 13 nitrogen and oxygen atoms in total. The van der Waals surface area contributed by atoms with E-state index in [9.17, 15) is 44.3 Å². The number of aromatic nitrogens is 1. The molecule has 7 rings (SSSR count). The first-order valence-electron chi connectivity index (χ1n) is 21.5. The monoisotopic (exact) mass is 1070 g/mol. The van der Waals surface area contributed by atoms with E-state index in [4.69, 9.17) is 28.4 Å². The summed E-state index contributed by atoms with van der Waals surface area (Å²) in [6.07, 6.45) is -18.1. The van der Waals surface area contributed by atoms with E-state index >= 15 is 13.2 Å². The maximum atomic E-state index is 15.2. The van der Waals surface area contributed by atoms with Crippen LogP contribution < -0.4 is 18.7 Å². The summed E-state index contributed by atoms with van der Waals surface area (Å²) in [6, 6.07) is 23.3. The molecule has 1 aliphatic rings. The summed E-state index contributed by atoms with van der Waals surface area (Å²) in [6.45, 7) is -2.01. The number of thiazole rings is 1. The molecular weight excluding hydrogens is 1030 g/mol. The minimum Gasteiger partial charge on any atom is -0.497 e. The number of ether oxygens (including phenoxy) is 6. The van der Waals surface area contributed by atoms with Crippen LogP contribution in [0, 0.1) is 0 Å². The smallest absolute Gasteiger partial charge is 0.432 e. The van der Waals surface area contributed by atoms with Gasteiger partial charge in [0.2, 0.25) is 0 Å². The zero-order valence-corrected chi connectivity index (χ0v) is 40.1. The van der Waals surface area contributed by atoms with Crippen molar-refractivity contribution in [1.82, 2.24) is 4.98 Å². The molecule has 0 N–H and O–H groups in total. The molecule has 3 atom stereocenters. The van der Waals surface area contributed by atoms with Crippen molar-refractivity contribution in [3.63, 3.8) is 0 Å². The van der Waals surface area contributed by atoms with Crippen LogP contribution in [0.5, 0.6) is 11.5 Å². The number of carbonyl (C=O) groups is 2. The number of alkyl halides is 9. The molecule has 0 aliphatic carbocycles. The van der Waals surface area contributed by atoms with E-state index < -0.39 is 93.1 Å². The van der Waals surface area contributed by atoms with Gasteiger partial charge < -0.3 is 33.3 Å². The van der Waals surface area contributed by atoms with Crippen molar-refractivity contribution in [3.8, 4) is 11.5 Å². The Morgan fingerprint density at radius 2 is 1.33 bits per heavy atom. The minimum atomic E-state index is -5.60. The summed E-state index contributed by atoms with van der Waals surface area (Å²) in [5.74, 6) is -3.94. The molecule has 0 amide bonds. The lowest BCUT2D eigenvalue weighted by Crippen LogP contribution is -2.54. The normalized spacial score (nSPS) is 15.2. The summed E-state index contributed by atoms with van der Waals surface area (Å²) in [5, 5.41) is 1.68. The number of hydrogen-bond acceptors (Lipinski definition) is 13. The molecule has 6 aromatic rings. The number of methoxy groups -OCH3 is 3. The molecule has 0 fully saturated rings. The van der Waals surface area contributed by atoms with Gasteiger partial charge in [-0.15, -0.1) is 11.3 Å². The van der Waals surface area contributed by atoms with Crippen molar-refractivity contribution in [2.24, 2.45) is 0 Å². The van der Waals surface area contributed by atoms with Crippen molar-refractivity contribution in [3.05, 3.63) is 161 Å². The number of hydrogen-bond donors (Lipinski definition) is 0. The Hall–Kier alpha value is -6.89. The van der Waals surface area contributed by atoms with Gasteiger partial charge in [0.05, 0.1) is 36.3 Å². The van der Waals surface area contributed by atoms with E-state index in [2.05, 4.69) is 4.98 Å². The first-order valence-corrected chi connectivity index (χ1v) is 23.9. The summed E-state index contributed by atoms with van der Waals surface area (Å²) in [5.41, 5.74) is -10.6. The van der Waals surface area contributed by atoms with Gasteiger partial charge in [-0.2, -0.15) is 39.5 Å². The van der Waals surface area contributed by atoms with Gasteiger partial charge in [-0.3, -0.25) is 0 Å². The Morgan fingerprint density at radius 1 is 0.740 bits per heavy atom. The fraction of sp³-hybridized carbons (Fsp3) is 0.286. The van der Waals surface area contributed by atoms with Crippen molar-refractivity contribution >= 4 is 49.8 Å². The van der Waals surface area contributed by atoms with Gasteiger partial charge in [0.15, 0.2) is 5.13 Å². The van der Waals surface area contributed by atoms with Gasteiger partial charge in [0.25, 0.3) is 21.2 Å². The Kier molecular flexibility index (Phi) is 15.7. The van der Waals surface area contributed by atoms with Crippen LogP contribution in [0.2, 0.25) is 0 Å². The maximum Gasteiger partial charge on any atom is 0.432 e. The fourth-order valence-electron chi connectivity index (χ4n) is 8.08. The maximum absolute atomic E-state index is 15.2. The third-order valence-electron chi connectivity index (χ3n) is 11.7. The number of fused-ring (bicyclic) bond motifs is 1. The Balaban J connectivity index is 1.30. The zero-order valence-electron chi connectivity index (χ0n) is 38.5. The lowest BCUT2D eigenvalue weighted by molar-refractivity contribution is -0.282. The second-order valence-corrected chi connectivity index (χ2v) is 18.7. The molecule has 0 saturated heterocycles. The van der Waals surface area contributed by atoms with E-state index in [1.54, 1.807) is 29.6 Å². The quantitative estimate of drug-likeness (QED) is 0.0597. The third-order valence-corrected chi connectivity index (χ3v) is 14.3. The molecule has 1 aromatic heterocycles. The van der Waals surface area contributed by atoms with Crippen molar-refractivity contribution in [1.29, 1.82) is 0 Å². The molecule has 24 heteroatoms. The lowest BCUT2D eigenvalue weighted by atomic mass is 9.92. The molecule has 0 bridgehead atoms. The number of carbonyl (C=O) groups excluding carboxylic acids is 2. The molecule has 0 radical (unpaired) electrons. The number of sulfonamides is 1. The average Bonchev–Trinajstić information content (AvgIpc) is 3.90. The van der Waals surface area contributed by atoms with Crippen molar-refractivity contribution < 1.29 is 85.9 Å². The Labute approximate surface area is 415 Å². The lowest BCUT2D eigenvalue weighted by Gasteiger charge is -2.36. The standard InChI is InChI=1S/C49H42F9N3O10S2/c1-66-36-17-14-31(15-18-36)29-61(44-59-22-25-72-44)73(64,65)38-19-21-40-41(28-38)69-24-23-60(40)39-20-16-35(47(50,51)52)26-32(39)27-37(71-43(63)46(68-3,49(56,57)58)34-12-8-5-9-13-34)30-70-42(62)45(67-2,48(53,54)55)33-10-6-4-7-11-33/h4-22,25-26,28,37H,23-24,27,29-30H2,1-3H3/t37-,45-,46+/m0/s1. The average molecular weight is 1070 g/mol. The highest BCUT2D eigenvalue weighted by molar-refractivity contribution is 7.93. The van der Waals surface area contributed by atoms with Crippen LogP contribution in [-0.2, 0) is 68.9 Å². The number of esters is 2. The van der Waals surface area contributed by atoms with Gasteiger partial charge in [-0.25, -0.2) is 27.3 Å². The Morgan fingerprint density at radius 3 is 1.86 bits per heavy atom. The molecule has 0 saturated carbocycles. The van der Waals surface area contributed by atoms with E-state index in [-0.39, 0.29) is 46.8 Å². The van der Waals surface area contributed by atoms with Crippen molar-refractivity contribution in [2.45, 2.75) is 53.7 Å². The number of halogens is 9. The number of nitrogens with zero attached hydrogens (tertiary/aromatic N) is 3. The second-order valence-electron chi connectivity index (χ2n) is 16.0. The number of benzene rings is 5. The van der Waals surface area contributed by atoms with Crippen LogP contribution in [0.4, 0.5) is 56.0 Å². The predicted octanol–water partition coefficient (Wildman–Crippen LogP) is 10.3. The molecule has 1 aliphatic heterocycles. The molecule has 73 heavy (non-hydrogen) atoms. The summed E-state index contributed by atoms with van der Waals surface area (Å²) in [4.78, 5) is 33.1. The highest BCUT2D eigenvalue weighted by atomic mass is 32.2. The van der Waals surface area contributed by atoms with Crippen molar-refractivity contribution in [2.75, 3.05) is 50.3 Å². The Bertz CT molecular complexity index is 2990. The highest BCUT2D eigenvalue weighted by Gasteiger charge is 2.65. The van der Waals surface area contributed by atoms with Gasteiger partial charge in [-0.1, -0.05) is 72.8 Å². The highest BCUT2D eigenvalue weighted by Crippen LogP contribution is 2.47. The predicted molar refractivity (Wildman–Crippen MR) is 246 cm³/mol. The van der Waals surface area contributed by atoms with Gasteiger partial charge >= 0.3 is 30.5 Å². The first kappa shape index (κ1) is 53.9. The van der Waals surface area contributed by atoms with E-state index in [1.165, 1.54) is 48.5 Å². The number of rotatable bonds is 18. The third kappa shape index (κ3) is 10.8. The molecule has 388 valence electrons. The SMILES string of the molecule is COc1ccc(CN(c2nccs2)S(=O)(=O)c2ccc3c(c2)OCCN3c2ccc(C(F)(F)F)cc2C[C@@H](COC(=O)[C@@](OC)(c2ccccc2)C(F)(F)F)OC(=O)[C@](OC)(c2ccccc2)C(F)(F)F)cc1. The molecule has 2 heterocycles. The van der Waals surface area contributed by atoms with Crippen LogP contribution in [0.1, 0.15) is 27.8 Å². The summed E-state index contributed by atoms with van der Waals surface area (Å²) >= 11 is 1.04.